The van der Waals surface area contributed by atoms with Gasteiger partial charge in [-0.15, -0.1) is 17.9 Å². The number of amides is 2. The summed E-state index contributed by atoms with van der Waals surface area (Å²) in [7, 11) is 3.03. The molecule has 0 saturated heterocycles. The Morgan fingerprint density at radius 1 is 1.14 bits per heavy atom. The number of rotatable bonds is 8. The van der Waals surface area contributed by atoms with Crippen LogP contribution < -0.4 is 9.47 Å². The Kier molecular flexibility index (Phi) is 8.24. The fraction of sp³-hybridized carbons (Fsp3) is 0.259. The van der Waals surface area contributed by atoms with Gasteiger partial charge in [-0.05, 0) is 53.3 Å². The summed E-state index contributed by atoms with van der Waals surface area (Å²) >= 11 is 14.4. The van der Waals surface area contributed by atoms with Crippen LogP contribution in [0.5, 0.6) is 11.5 Å². The third-order valence-electron chi connectivity index (χ3n) is 6.15. The van der Waals surface area contributed by atoms with Crippen LogP contribution in [0.3, 0.4) is 0 Å². The van der Waals surface area contributed by atoms with Gasteiger partial charge in [0.25, 0.3) is 5.91 Å². The highest BCUT2D eigenvalue weighted by Crippen LogP contribution is 2.41. The molecule has 0 bridgehead atoms. The first-order chi connectivity index (χ1) is 17.4. The van der Waals surface area contributed by atoms with Crippen LogP contribution in [0.4, 0.5) is 0 Å². The van der Waals surface area contributed by atoms with Crippen molar-refractivity contribution < 1.29 is 19.1 Å². The zero-order valence-electron chi connectivity index (χ0n) is 20.0. The highest BCUT2D eigenvalue weighted by molar-refractivity contribution is 7.10. The van der Waals surface area contributed by atoms with Crippen molar-refractivity contribution in [3.05, 3.63) is 92.1 Å². The van der Waals surface area contributed by atoms with Gasteiger partial charge in [0, 0.05) is 34.1 Å². The van der Waals surface area contributed by atoms with E-state index in [0.717, 1.165) is 17.5 Å². The number of fused-ring (bicyclic) bond motifs is 1. The van der Waals surface area contributed by atoms with Crippen molar-refractivity contribution in [2.24, 2.45) is 0 Å². The number of benzene rings is 2. The van der Waals surface area contributed by atoms with Crippen molar-refractivity contribution in [2.45, 2.75) is 12.5 Å². The zero-order valence-corrected chi connectivity index (χ0v) is 22.3. The maximum Gasteiger partial charge on any atom is 0.258 e. The summed E-state index contributed by atoms with van der Waals surface area (Å²) < 4.78 is 10.6. The zero-order chi connectivity index (χ0) is 25.8. The highest BCUT2D eigenvalue weighted by Gasteiger charge is 2.35. The van der Waals surface area contributed by atoms with Gasteiger partial charge < -0.3 is 19.3 Å². The largest absolute Gasteiger partial charge is 0.497 e. The lowest BCUT2D eigenvalue weighted by molar-refractivity contribution is -0.133. The molecule has 4 rings (SSSR count). The first-order valence-corrected chi connectivity index (χ1v) is 12.9. The van der Waals surface area contributed by atoms with Crippen molar-refractivity contribution in [3.63, 3.8) is 0 Å². The van der Waals surface area contributed by atoms with E-state index in [9.17, 15) is 9.59 Å². The Labute approximate surface area is 224 Å². The van der Waals surface area contributed by atoms with Crippen molar-refractivity contribution in [1.82, 2.24) is 9.80 Å². The molecular formula is C27H26Cl2N2O4S. The van der Waals surface area contributed by atoms with Gasteiger partial charge in [0.05, 0.1) is 25.8 Å². The second-order valence-corrected chi connectivity index (χ2v) is 10.1. The quantitative estimate of drug-likeness (QED) is 0.332. The Hall–Kier alpha value is -3.00. The van der Waals surface area contributed by atoms with E-state index in [2.05, 4.69) is 6.58 Å². The topological polar surface area (TPSA) is 59.1 Å². The molecular weight excluding hydrogens is 519 g/mol. The summed E-state index contributed by atoms with van der Waals surface area (Å²) in [6, 6.07) is 11.9. The maximum absolute atomic E-state index is 13.7. The second kappa shape index (κ2) is 11.4. The maximum atomic E-state index is 13.7. The lowest BCUT2D eigenvalue weighted by atomic mass is 9.93. The summed E-state index contributed by atoms with van der Waals surface area (Å²) in [6.45, 7) is 4.36. The van der Waals surface area contributed by atoms with Gasteiger partial charge >= 0.3 is 0 Å². The van der Waals surface area contributed by atoms with Crippen LogP contribution in [0.1, 0.15) is 32.4 Å². The van der Waals surface area contributed by atoms with Gasteiger partial charge in [-0.3, -0.25) is 9.59 Å². The fourth-order valence-corrected chi connectivity index (χ4v) is 5.83. The van der Waals surface area contributed by atoms with Gasteiger partial charge in [-0.2, -0.15) is 0 Å². The lowest BCUT2D eigenvalue weighted by Crippen LogP contribution is -2.47. The molecule has 188 valence electrons. The van der Waals surface area contributed by atoms with E-state index in [1.54, 1.807) is 59.8 Å². The van der Waals surface area contributed by atoms with E-state index in [-0.39, 0.29) is 30.9 Å². The number of methoxy groups -OCH3 is 2. The molecule has 2 amide bonds. The van der Waals surface area contributed by atoms with E-state index in [1.165, 1.54) is 16.9 Å². The Morgan fingerprint density at radius 2 is 1.94 bits per heavy atom. The van der Waals surface area contributed by atoms with Crippen molar-refractivity contribution in [3.8, 4) is 11.5 Å². The number of nitrogens with zero attached hydrogens (tertiary/aromatic N) is 2. The van der Waals surface area contributed by atoms with Gasteiger partial charge in [0.2, 0.25) is 5.91 Å². The third kappa shape index (κ3) is 5.24. The minimum Gasteiger partial charge on any atom is -0.497 e. The Balaban J connectivity index is 1.65. The summed E-state index contributed by atoms with van der Waals surface area (Å²) in [5.41, 5.74) is 2.18. The van der Waals surface area contributed by atoms with E-state index in [0.29, 0.717) is 33.7 Å². The van der Waals surface area contributed by atoms with Crippen LogP contribution in [0.2, 0.25) is 10.0 Å². The summed E-state index contributed by atoms with van der Waals surface area (Å²) in [6.07, 6.45) is 2.34. The predicted molar refractivity (Wildman–Crippen MR) is 144 cm³/mol. The fourth-order valence-electron chi connectivity index (χ4n) is 4.42. The van der Waals surface area contributed by atoms with Gasteiger partial charge in [0.1, 0.15) is 18.0 Å². The molecule has 6 nitrogen and oxygen atoms in total. The van der Waals surface area contributed by atoms with Crippen LogP contribution in [0.15, 0.2) is 60.5 Å². The van der Waals surface area contributed by atoms with Crippen LogP contribution in [-0.4, -0.2) is 55.5 Å². The van der Waals surface area contributed by atoms with Crippen LogP contribution in [-0.2, 0) is 11.2 Å². The molecule has 1 aliphatic rings. The molecule has 1 aromatic heterocycles. The van der Waals surface area contributed by atoms with Crippen molar-refractivity contribution >= 4 is 46.4 Å². The van der Waals surface area contributed by atoms with Crippen molar-refractivity contribution in [2.75, 3.05) is 33.9 Å². The number of carbonyl (C=O) groups excluding carboxylic acids is 2. The average Bonchev–Trinajstić information content (AvgIpc) is 3.36. The number of hydrogen-bond acceptors (Lipinski definition) is 5. The molecule has 1 unspecified atom stereocenters. The Morgan fingerprint density at radius 3 is 2.64 bits per heavy atom. The van der Waals surface area contributed by atoms with E-state index < -0.39 is 0 Å². The van der Waals surface area contributed by atoms with Crippen LogP contribution in [0.25, 0.3) is 0 Å². The van der Waals surface area contributed by atoms with E-state index in [1.807, 2.05) is 17.5 Å². The molecule has 0 spiro atoms. The monoisotopic (exact) mass is 544 g/mol. The lowest BCUT2D eigenvalue weighted by Gasteiger charge is -2.38. The molecule has 1 aliphatic heterocycles. The molecule has 2 heterocycles. The molecule has 36 heavy (non-hydrogen) atoms. The molecule has 0 N–H and O–H groups in total. The van der Waals surface area contributed by atoms with Gasteiger partial charge in [-0.25, -0.2) is 0 Å². The number of halogens is 2. The standard InChI is InChI=1S/C27H26Cl2N2O4S/c1-4-11-30(27(33)20-8-6-18(34-2)15-23(20)35-3)16-25(32)31-12-9-24-21(10-13-36-24)26(31)19-7-5-17(28)14-22(19)29/h4-8,10,13-15,26H,1,9,11-12,16H2,2-3H3. The molecule has 2 aromatic carbocycles. The van der Waals surface area contributed by atoms with E-state index >= 15 is 0 Å². The summed E-state index contributed by atoms with van der Waals surface area (Å²) in [4.78, 5) is 31.7. The molecule has 0 fully saturated rings. The van der Waals surface area contributed by atoms with Gasteiger partial charge in [0.15, 0.2) is 0 Å². The van der Waals surface area contributed by atoms with Crippen LogP contribution >= 0.6 is 34.5 Å². The number of ether oxygens (including phenoxy) is 2. The number of thiophene rings is 1. The highest BCUT2D eigenvalue weighted by atomic mass is 35.5. The van der Waals surface area contributed by atoms with Crippen molar-refractivity contribution in [1.29, 1.82) is 0 Å². The minimum atomic E-state index is -0.367. The smallest absolute Gasteiger partial charge is 0.258 e. The number of hydrogen-bond donors (Lipinski definition) is 0. The molecule has 0 radical (unpaired) electrons. The predicted octanol–water partition coefficient (Wildman–Crippen LogP) is 5.87. The molecule has 3 aromatic rings. The summed E-state index contributed by atoms with van der Waals surface area (Å²) in [5.74, 6) is 0.410. The van der Waals surface area contributed by atoms with E-state index in [4.69, 9.17) is 32.7 Å². The third-order valence-corrected chi connectivity index (χ3v) is 7.70. The first kappa shape index (κ1) is 26.1. The SMILES string of the molecule is C=CCN(CC(=O)N1CCc2sccc2C1c1ccc(Cl)cc1Cl)C(=O)c1ccc(OC)cc1OC. The molecule has 1 atom stereocenters. The number of carbonyl (C=O) groups is 2. The molecule has 0 saturated carbocycles. The van der Waals surface area contributed by atoms with Crippen LogP contribution in [0, 0.1) is 0 Å². The second-order valence-electron chi connectivity index (χ2n) is 8.25. The summed E-state index contributed by atoms with van der Waals surface area (Å²) in [5, 5.41) is 3.05. The molecule has 9 heteroatoms. The minimum absolute atomic E-state index is 0.124. The Bertz CT molecular complexity index is 1290. The van der Waals surface area contributed by atoms with Gasteiger partial charge in [-0.1, -0.05) is 35.3 Å². The molecule has 0 aliphatic carbocycles. The first-order valence-electron chi connectivity index (χ1n) is 11.3. The normalized spacial score (nSPS) is 14.7. The average molecular weight is 545 g/mol.